The minimum Gasteiger partial charge on any atom is -0.276 e. The number of carbonyl (C=O) groups excluding carboxylic acids is 2. The fourth-order valence-electron chi connectivity index (χ4n) is 4.17. The lowest BCUT2D eigenvalue weighted by atomic mass is 10.1. The molecule has 2 amide bonds. The van der Waals surface area contributed by atoms with Crippen LogP contribution in [0.15, 0.2) is 58.5 Å². The maximum absolute atomic E-state index is 13.0. The number of benzene rings is 2. The number of amides is 2. The first kappa shape index (κ1) is 21.4. The maximum atomic E-state index is 13.0. The highest BCUT2D eigenvalue weighted by molar-refractivity contribution is 7.99. The molecule has 0 radical (unpaired) electrons. The van der Waals surface area contributed by atoms with Gasteiger partial charge >= 0.3 is 0 Å². The summed E-state index contributed by atoms with van der Waals surface area (Å²) in [5.41, 5.74) is 1.66. The average Bonchev–Trinajstić information content (AvgIpc) is 3.36. The zero-order valence-corrected chi connectivity index (χ0v) is 19.0. The minimum absolute atomic E-state index is 0.0545. The molecule has 0 saturated heterocycles. The molecule has 0 fully saturated rings. The SMILES string of the molecule is CCCCn1c(=O)c2ccccc2n2c(SCCCN3C(=O)c4ccccc4C3=O)nnc12. The van der Waals surface area contributed by atoms with Crippen LogP contribution < -0.4 is 5.56 Å². The van der Waals surface area contributed by atoms with Crippen LogP contribution in [-0.2, 0) is 6.54 Å². The van der Waals surface area contributed by atoms with Crippen LogP contribution in [-0.4, -0.2) is 48.2 Å². The molecule has 0 spiro atoms. The quantitative estimate of drug-likeness (QED) is 0.226. The Balaban J connectivity index is 1.36. The van der Waals surface area contributed by atoms with E-state index in [2.05, 4.69) is 17.1 Å². The smallest absolute Gasteiger partial charge is 0.262 e. The minimum atomic E-state index is -0.237. The van der Waals surface area contributed by atoms with Crippen molar-refractivity contribution in [2.75, 3.05) is 12.3 Å². The van der Waals surface area contributed by atoms with E-state index in [0.717, 1.165) is 18.4 Å². The molecule has 0 bridgehead atoms. The monoisotopic (exact) mass is 461 g/mol. The van der Waals surface area contributed by atoms with E-state index in [4.69, 9.17) is 0 Å². The molecule has 0 unspecified atom stereocenters. The standard InChI is InChI=1S/C24H23N5O3S/c1-2-3-13-28-22(32)18-11-6-7-12-19(18)29-23(28)25-26-24(29)33-15-8-14-27-20(30)16-9-4-5-10-17(16)21(27)31/h4-7,9-12H,2-3,8,13-15H2,1H3. The first-order chi connectivity index (χ1) is 16.1. The van der Waals surface area contributed by atoms with Crippen molar-refractivity contribution < 1.29 is 9.59 Å². The number of fused-ring (bicyclic) bond motifs is 4. The summed E-state index contributed by atoms with van der Waals surface area (Å²) in [7, 11) is 0. The highest BCUT2D eigenvalue weighted by Crippen LogP contribution is 2.25. The van der Waals surface area contributed by atoms with Gasteiger partial charge in [-0.3, -0.25) is 28.3 Å². The van der Waals surface area contributed by atoms with Crippen LogP contribution in [0.4, 0.5) is 0 Å². The van der Waals surface area contributed by atoms with Gasteiger partial charge in [-0.15, -0.1) is 10.2 Å². The summed E-state index contributed by atoms with van der Waals surface area (Å²) in [6.45, 7) is 3.02. The Morgan fingerprint density at radius 3 is 2.27 bits per heavy atom. The highest BCUT2D eigenvalue weighted by atomic mass is 32.2. The molecule has 9 heteroatoms. The van der Waals surface area contributed by atoms with E-state index in [1.54, 1.807) is 28.8 Å². The molecule has 2 aromatic carbocycles. The molecule has 0 aliphatic carbocycles. The van der Waals surface area contributed by atoms with Crippen molar-refractivity contribution in [2.24, 2.45) is 0 Å². The third kappa shape index (κ3) is 3.62. The molecule has 1 aliphatic rings. The van der Waals surface area contributed by atoms with E-state index in [1.165, 1.54) is 16.7 Å². The van der Waals surface area contributed by atoms with Crippen molar-refractivity contribution in [3.63, 3.8) is 0 Å². The van der Waals surface area contributed by atoms with Crippen LogP contribution in [0.5, 0.6) is 0 Å². The first-order valence-electron chi connectivity index (χ1n) is 11.1. The van der Waals surface area contributed by atoms with Crippen molar-refractivity contribution in [3.8, 4) is 0 Å². The number of aromatic nitrogens is 4. The van der Waals surface area contributed by atoms with Gasteiger partial charge in [0.15, 0.2) is 5.16 Å². The predicted octanol–water partition coefficient (Wildman–Crippen LogP) is 3.62. The zero-order valence-electron chi connectivity index (χ0n) is 18.2. The number of carbonyl (C=O) groups is 2. The largest absolute Gasteiger partial charge is 0.276 e. The van der Waals surface area contributed by atoms with Crippen molar-refractivity contribution in [3.05, 3.63) is 70.0 Å². The van der Waals surface area contributed by atoms with E-state index in [0.29, 0.717) is 52.7 Å². The lowest BCUT2D eigenvalue weighted by Gasteiger charge is -2.13. The lowest BCUT2D eigenvalue weighted by molar-refractivity contribution is 0.0655. The number of imide groups is 1. The van der Waals surface area contributed by atoms with Gasteiger partial charge in [0.1, 0.15) is 0 Å². The third-order valence-corrected chi connectivity index (χ3v) is 6.86. The van der Waals surface area contributed by atoms with Crippen LogP contribution in [0.2, 0.25) is 0 Å². The summed E-state index contributed by atoms with van der Waals surface area (Å²) in [5.74, 6) is 0.713. The fourth-order valence-corrected chi connectivity index (χ4v) is 5.04. The van der Waals surface area contributed by atoms with Gasteiger partial charge in [-0.25, -0.2) is 0 Å². The summed E-state index contributed by atoms with van der Waals surface area (Å²) in [4.78, 5) is 39.4. The van der Waals surface area contributed by atoms with Crippen LogP contribution in [0.25, 0.3) is 16.7 Å². The van der Waals surface area contributed by atoms with E-state index >= 15 is 0 Å². The number of nitrogens with zero attached hydrogens (tertiary/aromatic N) is 5. The molecule has 0 saturated carbocycles. The summed E-state index contributed by atoms with van der Waals surface area (Å²) in [6, 6.07) is 14.4. The van der Waals surface area contributed by atoms with E-state index in [-0.39, 0.29) is 17.4 Å². The zero-order chi connectivity index (χ0) is 22.9. The number of hydrogen-bond donors (Lipinski definition) is 0. The Hall–Kier alpha value is -3.46. The van der Waals surface area contributed by atoms with Gasteiger partial charge in [-0.2, -0.15) is 0 Å². The lowest BCUT2D eigenvalue weighted by Crippen LogP contribution is -2.31. The highest BCUT2D eigenvalue weighted by Gasteiger charge is 2.34. The number of thioether (sulfide) groups is 1. The fraction of sp³-hybridized carbons (Fsp3) is 0.292. The number of aryl methyl sites for hydroxylation is 1. The summed E-state index contributed by atoms with van der Waals surface area (Å²) in [6.07, 6.45) is 2.47. The van der Waals surface area contributed by atoms with Gasteiger partial charge in [-0.1, -0.05) is 49.4 Å². The average molecular weight is 462 g/mol. The van der Waals surface area contributed by atoms with Gasteiger partial charge in [0.25, 0.3) is 17.4 Å². The summed E-state index contributed by atoms with van der Waals surface area (Å²) in [5, 5.41) is 10.0. The molecule has 2 aromatic heterocycles. The topological polar surface area (TPSA) is 89.6 Å². The molecule has 8 nitrogen and oxygen atoms in total. The Kier molecular flexibility index (Phi) is 5.72. The van der Waals surface area contributed by atoms with E-state index in [9.17, 15) is 14.4 Å². The second-order valence-corrected chi connectivity index (χ2v) is 9.02. The van der Waals surface area contributed by atoms with Crippen molar-refractivity contribution in [2.45, 2.75) is 37.9 Å². The Morgan fingerprint density at radius 1 is 0.848 bits per heavy atom. The van der Waals surface area contributed by atoms with Crippen molar-refractivity contribution in [1.29, 1.82) is 0 Å². The molecule has 4 aromatic rings. The summed E-state index contributed by atoms with van der Waals surface area (Å²) < 4.78 is 3.63. The predicted molar refractivity (Wildman–Crippen MR) is 127 cm³/mol. The second kappa shape index (κ2) is 8.82. The van der Waals surface area contributed by atoms with Gasteiger partial charge < -0.3 is 0 Å². The first-order valence-corrected chi connectivity index (χ1v) is 12.0. The van der Waals surface area contributed by atoms with Gasteiger partial charge in [-0.05, 0) is 37.1 Å². The molecule has 3 heterocycles. The van der Waals surface area contributed by atoms with Crippen molar-refractivity contribution >= 4 is 40.3 Å². The molecule has 33 heavy (non-hydrogen) atoms. The van der Waals surface area contributed by atoms with Gasteiger partial charge in [0.05, 0.1) is 22.0 Å². The Bertz CT molecular complexity index is 1410. The van der Waals surface area contributed by atoms with Crippen LogP contribution >= 0.6 is 11.8 Å². The van der Waals surface area contributed by atoms with E-state index in [1.807, 2.05) is 28.7 Å². The molecule has 5 rings (SSSR count). The van der Waals surface area contributed by atoms with Crippen LogP contribution in [0.1, 0.15) is 46.9 Å². The van der Waals surface area contributed by atoms with Crippen LogP contribution in [0.3, 0.4) is 0 Å². The number of rotatable bonds is 8. The molecule has 1 aliphatic heterocycles. The number of hydrogen-bond acceptors (Lipinski definition) is 6. The van der Waals surface area contributed by atoms with Crippen molar-refractivity contribution in [1.82, 2.24) is 24.1 Å². The molecule has 168 valence electrons. The second-order valence-electron chi connectivity index (χ2n) is 7.96. The van der Waals surface area contributed by atoms with E-state index < -0.39 is 0 Å². The molecule has 0 N–H and O–H groups in total. The van der Waals surface area contributed by atoms with Crippen LogP contribution in [0, 0.1) is 0 Å². The Morgan fingerprint density at radius 2 is 1.55 bits per heavy atom. The molecular formula is C24H23N5O3S. The Labute approximate surface area is 194 Å². The number of unbranched alkanes of at least 4 members (excludes halogenated alkanes) is 1. The summed E-state index contributed by atoms with van der Waals surface area (Å²) >= 11 is 1.50. The number of para-hydroxylation sites is 1. The van der Waals surface area contributed by atoms with Gasteiger partial charge in [0, 0.05) is 18.8 Å². The normalized spacial score (nSPS) is 13.4. The molecule has 0 atom stereocenters. The maximum Gasteiger partial charge on any atom is 0.262 e. The molecular weight excluding hydrogens is 438 g/mol. The van der Waals surface area contributed by atoms with Gasteiger partial charge in [0.2, 0.25) is 5.78 Å². The third-order valence-electron chi connectivity index (χ3n) is 5.85.